The Morgan fingerprint density at radius 2 is 1.88 bits per heavy atom. The summed E-state index contributed by atoms with van der Waals surface area (Å²) in [7, 11) is 1.79. The van der Waals surface area contributed by atoms with Gasteiger partial charge in [-0.05, 0) is 26.0 Å². The maximum absolute atomic E-state index is 13.8. The van der Waals surface area contributed by atoms with E-state index in [1.165, 1.54) is 0 Å². The molecule has 0 radical (unpaired) electrons. The minimum atomic E-state index is -0.724. The highest BCUT2D eigenvalue weighted by Gasteiger charge is 2.17. The van der Waals surface area contributed by atoms with Gasteiger partial charge in [-0.2, -0.15) is 0 Å². The lowest BCUT2D eigenvalue weighted by Gasteiger charge is -2.18. The maximum atomic E-state index is 13.8. The molecule has 96 valence electrons. The quantitative estimate of drug-likeness (QED) is 0.739. The van der Waals surface area contributed by atoms with E-state index in [-0.39, 0.29) is 6.04 Å². The highest BCUT2D eigenvalue weighted by atomic mass is 19.2. The highest BCUT2D eigenvalue weighted by Crippen LogP contribution is 2.25. The van der Waals surface area contributed by atoms with Gasteiger partial charge in [-0.3, -0.25) is 0 Å². The van der Waals surface area contributed by atoms with Crippen LogP contribution in [0.25, 0.3) is 0 Å². The molecule has 1 unspecified atom stereocenters. The standard InChI is InChI=1S/C14H21F2N/c1-4-5-6-7-12(17-3)11-9-8-10(2)13(15)14(11)16/h8-9,12,17H,4-7H2,1-3H3. The van der Waals surface area contributed by atoms with Gasteiger partial charge in [0.1, 0.15) is 0 Å². The molecule has 0 aliphatic carbocycles. The van der Waals surface area contributed by atoms with Crippen molar-refractivity contribution in [3.63, 3.8) is 0 Å². The highest BCUT2D eigenvalue weighted by molar-refractivity contribution is 5.27. The number of aryl methyl sites for hydroxylation is 1. The summed E-state index contributed by atoms with van der Waals surface area (Å²) in [5, 5.41) is 3.06. The van der Waals surface area contributed by atoms with Crippen LogP contribution in [0.2, 0.25) is 0 Å². The number of rotatable bonds is 6. The summed E-state index contributed by atoms with van der Waals surface area (Å²) < 4.78 is 27.3. The van der Waals surface area contributed by atoms with Gasteiger partial charge in [0, 0.05) is 11.6 Å². The zero-order valence-electron chi connectivity index (χ0n) is 10.8. The minimum Gasteiger partial charge on any atom is -0.313 e. The molecule has 0 spiro atoms. The lowest BCUT2D eigenvalue weighted by atomic mass is 9.98. The predicted molar refractivity (Wildman–Crippen MR) is 67.0 cm³/mol. The van der Waals surface area contributed by atoms with Crippen LogP contribution in [0.4, 0.5) is 8.78 Å². The smallest absolute Gasteiger partial charge is 0.163 e. The summed E-state index contributed by atoms with van der Waals surface area (Å²) in [5.74, 6) is -1.43. The van der Waals surface area contributed by atoms with E-state index < -0.39 is 11.6 Å². The molecule has 1 atom stereocenters. The summed E-state index contributed by atoms with van der Waals surface area (Å²) in [5.41, 5.74) is 0.793. The van der Waals surface area contributed by atoms with Crippen LogP contribution in [0.5, 0.6) is 0 Å². The van der Waals surface area contributed by atoms with Crippen LogP contribution in [0.3, 0.4) is 0 Å². The average molecular weight is 241 g/mol. The van der Waals surface area contributed by atoms with E-state index in [0.717, 1.165) is 25.7 Å². The normalized spacial score (nSPS) is 12.8. The average Bonchev–Trinajstić information content (AvgIpc) is 2.33. The predicted octanol–water partition coefficient (Wildman–Crippen LogP) is 4.11. The van der Waals surface area contributed by atoms with Crippen LogP contribution in [-0.4, -0.2) is 7.05 Å². The fourth-order valence-corrected chi connectivity index (χ4v) is 1.98. The molecule has 1 rings (SSSR count). The topological polar surface area (TPSA) is 12.0 Å². The van der Waals surface area contributed by atoms with Crippen LogP contribution in [0.15, 0.2) is 12.1 Å². The van der Waals surface area contributed by atoms with Crippen LogP contribution in [0, 0.1) is 18.6 Å². The largest absolute Gasteiger partial charge is 0.313 e. The van der Waals surface area contributed by atoms with E-state index in [2.05, 4.69) is 12.2 Å². The zero-order chi connectivity index (χ0) is 12.8. The minimum absolute atomic E-state index is 0.100. The van der Waals surface area contributed by atoms with Crippen molar-refractivity contribution >= 4 is 0 Å². The van der Waals surface area contributed by atoms with Crippen LogP contribution < -0.4 is 5.32 Å². The number of halogens is 2. The van der Waals surface area contributed by atoms with E-state index >= 15 is 0 Å². The Morgan fingerprint density at radius 1 is 1.18 bits per heavy atom. The van der Waals surface area contributed by atoms with E-state index in [4.69, 9.17) is 0 Å². The first kappa shape index (κ1) is 14.1. The van der Waals surface area contributed by atoms with E-state index in [0.29, 0.717) is 11.1 Å². The number of benzene rings is 1. The van der Waals surface area contributed by atoms with Crippen molar-refractivity contribution < 1.29 is 8.78 Å². The molecule has 0 aromatic heterocycles. The first-order valence-corrected chi connectivity index (χ1v) is 6.23. The van der Waals surface area contributed by atoms with Gasteiger partial charge in [-0.25, -0.2) is 8.78 Å². The van der Waals surface area contributed by atoms with Crippen molar-refractivity contribution in [2.45, 2.75) is 45.6 Å². The molecule has 1 aromatic carbocycles. The van der Waals surface area contributed by atoms with Crippen molar-refractivity contribution in [3.05, 3.63) is 34.9 Å². The number of hydrogen-bond acceptors (Lipinski definition) is 1. The van der Waals surface area contributed by atoms with Crippen molar-refractivity contribution in [2.75, 3.05) is 7.05 Å². The monoisotopic (exact) mass is 241 g/mol. The Hall–Kier alpha value is -0.960. The fourth-order valence-electron chi connectivity index (χ4n) is 1.98. The Kier molecular flexibility index (Phi) is 5.56. The van der Waals surface area contributed by atoms with Crippen molar-refractivity contribution in [2.24, 2.45) is 0 Å². The molecular formula is C14H21F2N. The molecule has 1 N–H and O–H groups in total. The zero-order valence-corrected chi connectivity index (χ0v) is 10.8. The van der Waals surface area contributed by atoms with Gasteiger partial charge in [0.15, 0.2) is 11.6 Å². The van der Waals surface area contributed by atoms with Gasteiger partial charge >= 0.3 is 0 Å². The lowest BCUT2D eigenvalue weighted by molar-refractivity contribution is 0.450. The van der Waals surface area contributed by atoms with Gasteiger partial charge in [-0.15, -0.1) is 0 Å². The van der Waals surface area contributed by atoms with Crippen molar-refractivity contribution in [1.29, 1.82) is 0 Å². The van der Waals surface area contributed by atoms with Gasteiger partial charge in [0.25, 0.3) is 0 Å². The van der Waals surface area contributed by atoms with E-state index in [1.54, 1.807) is 26.1 Å². The molecule has 3 heteroatoms. The van der Waals surface area contributed by atoms with Crippen molar-refractivity contribution in [3.8, 4) is 0 Å². The van der Waals surface area contributed by atoms with Gasteiger partial charge in [0.05, 0.1) is 0 Å². The third-order valence-corrected chi connectivity index (χ3v) is 3.13. The van der Waals surface area contributed by atoms with Crippen LogP contribution >= 0.6 is 0 Å². The lowest BCUT2D eigenvalue weighted by Crippen LogP contribution is -2.18. The molecule has 0 heterocycles. The number of nitrogens with one attached hydrogen (secondary N) is 1. The Morgan fingerprint density at radius 3 is 2.47 bits per heavy atom. The van der Waals surface area contributed by atoms with Crippen LogP contribution in [-0.2, 0) is 0 Å². The Balaban J connectivity index is 2.85. The Bertz CT molecular complexity index is 363. The second-order valence-electron chi connectivity index (χ2n) is 4.44. The third-order valence-electron chi connectivity index (χ3n) is 3.13. The summed E-state index contributed by atoms with van der Waals surface area (Å²) >= 11 is 0. The molecule has 1 aromatic rings. The second kappa shape index (κ2) is 6.70. The summed E-state index contributed by atoms with van der Waals surface area (Å²) in [6, 6.07) is 3.22. The molecule has 17 heavy (non-hydrogen) atoms. The molecule has 0 amide bonds. The SMILES string of the molecule is CCCCCC(NC)c1ccc(C)c(F)c1F. The second-order valence-corrected chi connectivity index (χ2v) is 4.44. The third kappa shape index (κ3) is 3.50. The van der Waals surface area contributed by atoms with E-state index in [9.17, 15) is 8.78 Å². The number of unbranched alkanes of at least 4 members (excludes halogenated alkanes) is 2. The molecule has 1 nitrogen and oxygen atoms in total. The molecule has 0 aliphatic rings. The summed E-state index contributed by atoms with van der Waals surface area (Å²) in [6.45, 7) is 3.70. The molecule has 0 saturated carbocycles. The molecular weight excluding hydrogens is 220 g/mol. The molecule has 0 aliphatic heterocycles. The first-order valence-electron chi connectivity index (χ1n) is 6.23. The van der Waals surface area contributed by atoms with Crippen molar-refractivity contribution in [1.82, 2.24) is 5.32 Å². The first-order chi connectivity index (χ1) is 8.11. The van der Waals surface area contributed by atoms with Gasteiger partial charge in [0.2, 0.25) is 0 Å². The number of hydrogen-bond donors (Lipinski definition) is 1. The Labute approximate surface area is 102 Å². The van der Waals surface area contributed by atoms with Crippen LogP contribution in [0.1, 0.15) is 49.8 Å². The van der Waals surface area contributed by atoms with Gasteiger partial charge in [-0.1, -0.05) is 38.3 Å². The molecule has 0 saturated heterocycles. The molecule has 0 fully saturated rings. The summed E-state index contributed by atoms with van der Waals surface area (Å²) in [4.78, 5) is 0. The van der Waals surface area contributed by atoms with E-state index in [1.807, 2.05) is 0 Å². The maximum Gasteiger partial charge on any atom is 0.163 e. The fraction of sp³-hybridized carbons (Fsp3) is 0.571. The van der Waals surface area contributed by atoms with Gasteiger partial charge < -0.3 is 5.32 Å². The molecule has 0 bridgehead atoms. The summed E-state index contributed by atoms with van der Waals surface area (Å²) in [6.07, 6.45) is 4.11.